The van der Waals surface area contributed by atoms with E-state index >= 15 is 0 Å². The van der Waals surface area contributed by atoms with Crippen LogP contribution in [-0.2, 0) is 0 Å². The van der Waals surface area contributed by atoms with E-state index in [-0.39, 0.29) is 0 Å². The monoisotopic (exact) mass is 391 g/mol. The van der Waals surface area contributed by atoms with E-state index in [0.29, 0.717) is 12.1 Å². The number of hydrogen-bond donors (Lipinski definition) is 2. The molecule has 0 aromatic carbocycles. The summed E-state index contributed by atoms with van der Waals surface area (Å²) in [5.74, 6) is 0.906. The van der Waals surface area contributed by atoms with Crippen molar-refractivity contribution in [1.82, 2.24) is 15.5 Å². The third-order valence-electron chi connectivity index (χ3n) is 4.84. The van der Waals surface area contributed by atoms with Crippen molar-refractivity contribution in [3.8, 4) is 0 Å². The Morgan fingerprint density at radius 1 is 1.23 bits per heavy atom. The molecule has 1 aliphatic rings. The topological polar surface area (TPSA) is 42.9 Å². The molecule has 0 spiro atoms. The Morgan fingerprint density at radius 2 is 1.96 bits per heavy atom. The maximum atomic E-state index is 4.43. The van der Waals surface area contributed by atoms with Crippen molar-refractivity contribution in [1.29, 1.82) is 0 Å². The fourth-order valence-corrected chi connectivity index (χ4v) is 5.00. The van der Waals surface area contributed by atoms with Crippen molar-refractivity contribution in [3.63, 3.8) is 0 Å². The molecule has 1 fully saturated rings. The maximum Gasteiger partial charge on any atom is 0.191 e. The highest BCUT2D eigenvalue weighted by Gasteiger charge is 2.21. The third-order valence-corrected chi connectivity index (χ3v) is 6.74. The van der Waals surface area contributed by atoms with Crippen molar-refractivity contribution < 1.29 is 0 Å². The van der Waals surface area contributed by atoms with Crippen LogP contribution >= 0.6 is 22.7 Å². The lowest BCUT2D eigenvalue weighted by Crippen LogP contribution is -2.49. The molecule has 1 unspecified atom stereocenters. The van der Waals surface area contributed by atoms with Gasteiger partial charge in [0, 0.05) is 37.6 Å². The molecule has 26 heavy (non-hydrogen) atoms. The van der Waals surface area contributed by atoms with Gasteiger partial charge in [-0.05, 0) is 55.9 Å². The number of anilines is 1. The molecule has 3 rings (SSSR count). The summed E-state index contributed by atoms with van der Waals surface area (Å²) in [5.41, 5.74) is 0. The van der Waals surface area contributed by atoms with Gasteiger partial charge in [0.2, 0.25) is 0 Å². The van der Waals surface area contributed by atoms with Crippen LogP contribution < -0.4 is 15.5 Å². The average molecular weight is 392 g/mol. The first-order valence-corrected chi connectivity index (χ1v) is 10.9. The molecule has 1 aliphatic heterocycles. The van der Waals surface area contributed by atoms with Crippen LogP contribution in [0.3, 0.4) is 0 Å². The first-order valence-electron chi connectivity index (χ1n) is 9.13. The lowest BCUT2D eigenvalue weighted by Gasteiger charge is -2.34. The van der Waals surface area contributed by atoms with Gasteiger partial charge in [0.25, 0.3) is 0 Å². The summed E-state index contributed by atoms with van der Waals surface area (Å²) in [7, 11) is 6.11. The summed E-state index contributed by atoms with van der Waals surface area (Å²) in [6, 6.07) is 9.50. The second-order valence-electron chi connectivity index (χ2n) is 6.80. The van der Waals surface area contributed by atoms with Crippen molar-refractivity contribution in [3.05, 3.63) is 39.9 Å². The summed E-state index contributed by atoms with van der Waals surface area (Å²) in [5, 5.41) is 12.8. The lowest BCUT2D eigenvalue weighted by atomic mass is 10.1. The summed E-state index contributed by atoms with van der Waals surface area (Å²) in [4.78, 5) is 10.5. The van der Waals surface area contributed by atoms with E-state index < -0.39 is 0 Å². The number of aliphatic imine (C=N–C) groups is 1. The second-order valence-corrected chi connectivity index (χ2v) is 8.71. The van der Waals surface area contributed by atoms with Crippen LogP contribution in [0.5, 0.6) is 0 Å². The zero-order chi connectivity index (χ0) is 18.4. The molecule has 0 bridgehead atoms. The number of rotatable bonds is 6. The number of nitrogens with one attached hydrogen (secondary N) is 2. The predicted octanol–water partition coefficient (Wildman–Crippen LogP) is 3.25. The summed E-state index contributed by atoms with van der Waals surface area (Å²) in [6.07, 6.45) is 2.28. The Kier molecular flexibility index (Phi) is 6.93. The van der Waals surface area contributed by atoms with E-state index in [1.54, 1.807) is 11.3 Å². The van der Waals surface area contributed by atoms with Crippen LogP contribution in [0.4, 0.5) is 5.00 Å². The second kappa shape index (κ2) is 9.39. The molecule has 1 atom stereocenters. The molecule has 2 N–H and O–H groups in total. The fraction of sp³-hybridized carbons (Fsp3) is 0.526. The third kappa shape index (κ3) is 4.99. The zero-order valence-electron chi connectivity index (χ0n) is 15.8. The molecular formula is C19H29N5S2. The number of piperidine rings is 1. The number of guanidine groups is 1. The first kappa shape index (κ1) is 19.2. The van der Waals surface area contributed by atoms with Gasteiger partial charge >= 0.3 is 0 Å². The number of nitrogens with zero attached hydrogens (tertiary/aromatic N) is 3. The van der Waals surface area contributed by atoms with E-state index in [1.165, 1.54) is 9.88 Å². The van der Waals surface area contributed by atoms with Gasteiger partial charge in [-0.25, -0.2) is 0 Å². The number of thiophene rings is 2. The molecule has 0 saturated carbocycles. The standard InChI is InChI=1S/C19H29N5S2/c1-20-19(21-14-16(23(2)3)17-6-4-12-25-17)22-15-8-10-24(11-9-15)18-7-5-13-26-18/h4-7,12-13,15-16H,8-11,14H2,1-3H3,(H2,20,21,22). The quantitative estimate of drug-likeness (QED) is 0.586. The Hall–Kier alpha value is -1.57. The molecule has 7 heteroatoms. The van der Waals surface area contributed by atoms with Crippen LogP contribution in [-0.4, -0.2) is 57.7 Å². The molecule has 2 aromatic rings. The van der Waals surface area contributed by atoms with Crippen LogP contribution in [0, 0.1) is 0 Å². The SMILES string of the molecule is CN=C(NCC(c1cccs1)N(C)C)NC1CCN(c2cccs2)CC1. The van der Waals surface area contributed by atoms with Crippen LogP contribution in [0.2, 0.25) is 0 Å². The van der Waals surface area contributed by atoms with E-state index in [1.807, 2.05) is 18.4 Å². The minimum absolute atomic E-state index is 0.356. The van der Waals surface area contributed by atoms with Crippen molar-refractivity contribution >= 4 is 33.6 Å². The molecular weight excluding hydrogens is 362 g/mol. The summed E-state index contributed by atoms with van der Waals surface area (Å²) < 4.78 is 0. The first-order chi connectivity index (χ1) is 12.7. The Balaban J connectivity index is 1.48. The normalized spacial score (nSPS) is 17.5. The lowest BCUT2D eigenvalue weighted by molar-refractivity contribution is 0.302. The zero-order valence-corrected chi connectivity index (χ0v) is 17.4. The van der Waals surface area contributed by atoms with Gasteiger partial charge < -0.3 is 20.4 Å². The smallest absolute Gasteiger partial charge is 0.191 e. The molecule has 2 aromatic heterocycles. The van der Waals surface area contributed by atoms with Crippen molar-refractivity contribution in [2.75, 3.05) is 45.7 Å². The van der Waals surface area contributed by atoms with Gasteiger partial charge in [0.1, 0.15) is 0 Å². The van der Waals surface area contributed by atoms with E-state index in [0.717, 1.165) is 38.4 Å². The fourth-order valence-electron chi connectivity index (χ4n) is 3.29. The highest BCUT2D eigenvalue weighted by molar-refractivity contribution is 7.14. The van der Waals surface area contributed by atoms with Gasteiger partial charge in [0.05, 0.1) is 11.0 Å². The van der Waals surface area contributed by atoms with E-state index in [9.17, 15) is 0 Å². The Labute approximate surface area is 164 Å². The molecule has 142 valence electrons. The molecule has 0 aliphatic carbocycles. The predicted molar refractivity (Wildman–Crippen MR) is 115 cm³/mol. The molecule has 1 saturated heterocycles. The van der Waals surface area contributed by atoms with E-state index in [4.69, 9.17) is 0 Å². The number of hydrogen-bond acceptors (Lipinski definition) is 5. The Morgan fingerprint density at radius 3 is 2.54 bits per heavy atom. The maximum absolute atomic E-state index is 4.43. The molecule has 3 heterocycles. The summed E-state index contributed by atoms with van der Waals surface area (Å²) >= 11 is 3.63. The molecule has 5 nitrogen and oxygen atoms in total. The van der Waals surface area contributed by atoms with Crippen LogP contribution in [0.1, 0.15) is 23.8 Å². The van der Waals surface area contributed by atoms with Gasteiger partial charge in [-0.2, -0.15) is 0 Å². The average Bonchev–Trinajstić information content (AvgIpc) is 3.35. The van der Waals surface area contributed by atoms with E-state index in [2.05, 4.69) is 74.5 Å². The molecule has 0 radical (unpaired) electrons. The largest absolute Gasteiger partial charge is 0.363 e. The van der Waals surface area contributed by atoms with Gasteiger partial charge in [0.15, 0.2) is 5.96 Å². The van der Waals surface area contributed by atoms with Crippen LogP contribution in [0.25, 0.3) is 0 Å². The van der Waals surface area contributed by atoms with Crippen molar-refractivity contribution in [2.45, 2.75) is 24.9 Å². The highest BCUT2D eigenvalue weighted by atomic mass is 32.1. The van der Waals surface area contributed by atoms with Gasteiger partial charge in [-0.1, -0.05) is 6.07 Å². The molecule has 0 amide bonds. The van der Waals surface area contributed by atoms with Gasteiger partial charge in [-0.15, -0.1) is 22.7 Å². The highest BCUT2D eigenvalue weighted by Crippen LogP contribution is 2.25. The van der Waals surface area contributed by atoms with Gasteiger partial charge in [-0.3, -0.25) is 4.99 Å². The number of likely N-dealkylation sites (N-methyl/N-ethyl adjacent to an activating group) is 1. The Bertz CT molecular complexity index is 658. The van der Waals surface area contributed by atoms with Crippen molar-refractivity contribution in [2.24, 2.45) is 4.99 Å². The van der Waals surface area contributed by atoms with Crippen LogP contribution in [0.15, 0.2) is 40.0 Å². The minimum Gasteiger partial charge on any atom is -0.363 e. The summed E-state index contributed by atoms with van der Waals surface area (Å²) in [6.45, 7) is 3.05. The minimum atomic E-state index is 0.356.